The molecule has 1 unspecified atom stereocenters. The molecule has 1 N–H and O–H groups in total. The second-order valence-electron chi connectivity index (χ2n) is 4.29. The summed E-state index contributed by atoms with van der Waals surface area (Å²) in [5.41, 5.74) is -1.32. The number of rotatable bonds is 2. The Kier molecular flexibility index (Phi) is 4.37. The Morgan fingerprint density at radius 1 is 1.45 bits per heavy atom. The number of carbonyl (C=O) groups is 1. The monoisotopic (exact) mass is 302 g/mol. The fraction of sp³-hybridized carbons (Fsp3) is 0.385. The van der Waals surface area contributed by atoms with Crippen molar-refractivity contribution in [3.63, 3.8) is 0 Å². The third-order valence-corrected chi connectivity index (χ3v) is 4.14. The van der Waals surface area contributed by atoms with Gasteiger partial charge in [0.1, 0.15) is 0 Å². The predicted molar refractivity (Wildman–Crippen MR) is 72.9 cm³/mol. The first-order valence-corrected chi connectivity index (χ1v) is 6.98. The molecule has 0 aromatic heterocycles. The van der Waals surface area contributed by atoms with Gasteiger partial charge in [-0.25, -0.2) is 0 Å². The molecule has 1 heterocycles. The second-order valence-corrected chi connectivity index (χ2v) is 5.58. The maximum absolute atomic E-state index is 12.8. The average Bonchev–Trinajstić information content (AvgIpc) is 2.85. The Morgan fingerprint density at radius 3 is 2.75 bits per heavy atom. The van der Waals surface area contributed by atoms with E-state index in [1.165, 1.54) is 23.9 Å². The summed E-state index contributed by atoms with van der Waals surface area (Å²) in [5.74, 6) is -0.777. The molecule has 1 aromatic rings. The smallest absolute Gasteiger partial charge is 0.301 e. The van der Waals surface area contributed by atoms with Gasteiger partial charge in [-0.3, -0.25) is 9.79 Å². The quantitative estimate of drug-likeness (QED) is 0.910. The van der Waals surface area contributed by atoms with Crippen molar-refractivity contribution < 1.29 is 18.0 Å². The molecule has 1 atom stereocenters. The van der Waals surface area contributed by atoms with Crippen LogP contribution in [0.4, 0.5) is 13.2 Å². The summed E-state index contributed by atoms with van der Waals surface area (Å²) in [4.78, 5) is 16.1. The van der Waals surface area contributed by atoms with E-state index in [2.05, 4.69) is 10.3 Å². The molecule has 0 bridgehead atoms. The van der Waals surface area contributed by atoms with Crippen LogP contribution in [0.15, 0.2) is 29.3 Å². The zero-order valence-corrected chi connectivity index (χ0v) is 11.5. The van der Waals surface area contributed by atoms with Crippen molar-refractivity contribution in [1.82, 2.24) is 5.32 Å². The van der Waals surface area contributed by atoms with Crippen LogP contribution in [0.25, 0.3) is 0 Å². The minimum Gasteiger partial charge on any atom is -0.301 e. The first kappa shape index (κ1) is 14.9. The van der Waals surface area contributed by atoms with Gasteiger partial charge in [-0.15, -0.1) is 0 Å². The maximum atomic E-state index is 12.8. The van der Waals surface area contributed by atoms with Crippen LogP contribution in [0.5, 0.6) is 0 Å². The number of hydrogen-bond donors (Lipinski definition) is 1. The van der Waals surface area contributed by atoms with Crippen LogP contribution in [0.3, 0.4) is 0 Å². The van der Waals surface area contributed by atoms with E-state index in [1.54, 1.807) is 0 Å². The van der Waals surface area contributed by atoms with Gasteiger partial charge in [0.05, 0.1) is 17.7 Å². The molecule has 7 heteroatoms. The highest BCUT2D eigenvalue weighted by Crippen LogP contribution is 2.32. The number of carbonyl (C=O) groups excluding carboxylic acids is 1. The Bertz CT molecular complexity index is 543. The van der Waals surface area contributed by atoms with Crippen LogP contribution < -0.4 is 5.32 Å². The van der Waals surface area contributed by atoms with Crippen molar-refractivity contribution in [2.75, 3.05) is 6.54 Å². The van der Waals surface area contributed by atoms with E-state index in [0.29, 0.717) is 11.7 Å². The maximum Gasteiger partial charge on any atom is 0.417 e. The topological polar surface area (TPSA) is 41.5 Å². The van der Waals surface area contributed by atoms with Gasteiger partial charge >= 0.3 is 6.18 Å². The molecule has 0 saturated heterocycles. The van der Waals surface area contributed by atoms with E-state index in [4.69, 9.17) is 0 Å². The molecule has 1 amide bonds. The highest BCUT2D eigenvalue weighted by Gasteiger charge is 2.35. The molecule has 1 aromatic carbocycles. The van der Waals surface area contributed by atoms with Gasteiger partial charge in [0.2, 0.25) is 0 Å². The van der Waals surface area contributed by atoms with E-state index in [9.17, 15) is 18.0 Å². The molecule has 1 aliphatic heterocycles. The van der Waals surface area contributed by atoms with Gasteiger partial charge in [-0.1, -0.05) is 30.8 Å². The highest BCUT2D eigenvalue weighted by molar-refractivity contribution is 8.14. The number of halogens is 3. The van der Waals surface area contributed by atoms with E-state index in [0.717, 1.165) is 18.6 Å². The lowest BCUT2D eigenvalue weighted by Crippen LogP contribution is -2.29. The number of alkyl halides is 3. The Morgan fingerprint density at radius 2 is 2.15 bits per heavy atom. The second kappa shape index (κ2) is 5.87. The van der Waals surface area contributed by atoms with Crippen molar-refractivity contribution in [3.8, 4) is 0 Å². The molecule has 20 heavy (non-hydrogen) atoms. The first-order chi connectivity index (χ1) is 9.41. The summed E-state index contributed by atoms with van der Waals surface area (Å²) < 4.78 is 38.5. The van der Waals surface area contributed by atoms with E-state index >= 15 is 0 Å². The fourth-order valence-electron chi connectivity index (χ4n) is 1.79. The molecule has 108 valence electrons. The van der Waals surface area contributed by atoms with E-state index in [1.807, 2.05) is 6.92 Å². The first-order valence-electron chi connectivity index (χ1n) is 6.10. The van der Waals surface area contributed by atoms with E-state index in [-0.39, 0.29) is 10.8 Å². The van der Waals surface area contributed by atoms with Crippen LogP contribution in [-0.2, 0) is 6.18 Å². The van der Waals surface area contributed by atoms with Crippen LogP contribution in [-0.4, -0.2) is 22.9 Å². The van der Waals surface area contributed by atoms with Crippen LogP contribution in [0, 0.1) is 0 Å². The molecule has 1 aliphatic rings. The number of nitrogens with one attached hydrogen (secondary N) is 1. The summed E-state index contributed by atoms with van der Waals surface area (Å²) >= 11 is 1.38. The highest BCUT2D eigenvalue weighted by atomic mass is 32.2. The Labute approximate surface area is 118 Å². The number of benzene rings is 1. The Hall–Kier alpha value is -1.50. The van der Waals surface area contributed by atoms with Gasteiger partial charge in [-0.05, 0) is 18.6 Å². The van der Waals surface area contributed by atoms with Crippen molar-refractivity contribution in [1.29, 1.82) is 0 Å². The van der Waals surface area contributed by atoms with E-state index < -0.39 is 17.6 Å². The lowest BCUT2D eigenvalue weighted by atomic mass is 10.1. The van der Waals surface area contributed by atoms with Crippen molar-refractivity contribution in [2.45, 2.75) is 24.8 Å². The minimum atomic E-state index is -4.55. The van der Waals surface area contributed by atoms with Crippen LogP contribution in [0.2, 0.25) is 0 Å². The molecular formula is C13H13F3N2OS. The van der Waals surface area contributed by atoms with Gasteiger partial charge in [-0.2, -0.15) is 13.2 Å². The summed E-state index contributed by atoms with van der Waals surface area (Å²) in [6.07, 6.45) is -3.66. The van der Waals surface area contributed by atoms with Crippen molar-refractivity contribution >= 4 is 22.8 Å². The zero-order chi connectivity index (χ0) is 14.8. The van der Waals surface area contributed by atoms with Crippen LogP contribution in [0.1, 0.15) is 29.3 Å². The molecule has 0 radical (unpaired) electrons. The molecule has 0 fully saturated rings. The van der Waals surface area contributed by atoms with Crippen molar-refractivity contribution in [3.05, 3.63) is 35.4 Å². The predicted octanol–water partition coefficient (Wildman–Crippen LogP) is 3.32. The van der Waals surface area contributed by atoms with Gasteiger partial charge < -0.3 is 5.32 Å². The largest absolute Gasteiger partial charge is 0.417 e. The molecular weight excluding hydrogens is 289 g/mol. The van der Waals surface area contributed by atoms with Gasteiger partial charge in [0.25, 0.3) is 5.91 Å². The lowest BCUT2D eigenvalue weighted by Gasteiger charge is -2.12. The molecule has 2 rings (SSSR count). The number of aliphatic imine (C=N–C) groups is 1. The summed E-state index contributed by atoms with van der Waals surface area (Å²) in [6.45, 7) is 2.58. The summed E-state index contributed by atoms with van der Waals surface area (Å²) in [7, 11) is 0. The fourth-order valence-corrected chi connectivity index (χ4v) is 2.72. The SMILES string of the molecule is CCC1CN=C(NC(=O)c2ccccc2C(F)(F)F)S1. The average molecular weight is 302 g/mol. The summed E-state index contributed by atoms with van der Waals surface area (Å²) in [5, 5.41) is 3.11. The standard InChI is InChI=1S/C13H13F3N2OS/c1-2-8-7-17-12(20-8)18-11(19)9-5-3-4-6-10(9)13(14,15)16/h3-6,8H,2,7H2,1H3,(H,17,18,19). The number of nitrogens with zero attached hydrogens (tertiary/aromatic N) is 1. The number of thioether (sulfide) groups is 1. The summed E-state index contributed by atoms with van der Waals surface area (Å²) in [6, 6.07) is 4.72. The third kappa shape index (κ3) is 3.33. The molecule has 3 nitrogen and oxygen atoms in total. The van der Waals surface area contributed by atoms with Gasteiger partial charge in [0.15, 0.2) is 5.17 Å². The normalized spacial score (nSPS) is 18.8. The van der Waals surface area contributed by atoms with Gasteiger partial charge in [0, 0.05) is 5.25 Å². The number of amidine groups is 1. The number of amides is 1. The lowest BCUT2D eigenvalue weighted by molar-refractivity contribution is -0.137. The van der Waals surface area contributed by atoms with Crippen molar-refractivity contribution in [2.24, 2.45) is 4.99 Å². The molecule has 0 spiro atoms. The Balaban J connectivity index is 2.15. The zero-order valence-electron chi connectivity index (χ0n) is 10.7. The van der Waals surface area contributed by atoms with Crippen LogP contribution >= 0.6 is 11.8 Å². The molecule has 0 aliphatic carbocycles. The molecule has 0 saturated carbocycles. The number of hydrogen-bond acceptors (Lipinski definition) is 3. The third-order valence-electron chi connectivity index (χ3n) is 2.87. The minimum absolute atomic E-state index is 0.281.